The van der Waals surface area contributed by atoms with Gasteiger partial charge in [0.1, 0.15) is 58.8 Å². The molecule has 9 heterocycles. The van der Waals surface area contributed by atoms with Crippen molar-refractivity contribution >= 4 is 82.3 Å². The van der Waals surface area contributed by atoms with E-state index in [1.54, 1.807) is 53.0 Å². The summed E-state index contributed by atoms with van der Waals surface area (Å²) in [6, 6.07) is 11.2. The average Bonchev–Trinajstić information content (AvgIpc) is 4.17. The Bertz CT molecular complexity index is 3300. The van der Waals surface area contributed by atoms with Crippen LogP contribution in [0.5, 0.6) is 33.4 Å². The number of morpholine rings is 1. The lowest BCUT2D eigenvalue weighted by Crippen LogP contribution is -2.47. The minimum atomic E-state index is -0.0631. The third kappa shape index (κ3) is 8.82. The van der Waals surface area contributed by atoms with Crippen LogP contribution < -0.4 is 33.3 Å². The maximum Gasteiger partial charge on any atom is 0.294 e. The first kappa shape index (κ1) is 43.1. The Labute approximate surface area is 398 Å². The van der Waals surface area contributed by atoms with E-state index in [0.717, 1.165) is 38.8 Å². The fraction of sp³-hybridized carbons (Fsp3) is 0.333. The number of ether oxygens (including phenoxy) is 7. The molecular formula is C45H43N9O9S4. The second-order valence-corrected chi connectivity index (χ2v) is 19.6. The van der Waals surface area contributed by atoms with E-state index in [2.05, 4.69) is 40.9 Å². The van der Waals surface area contributed by atoms with E-state index in [0.29, 0.717) is 109 Å². The van der Waals surface area contributed by atoms with Crippen LogP contribution in [0.1, 0.15) is 49.5 Å². The van der Waals surface area contributed by atoms with Gasteiger partial charge in [-0.2, -0.15) is 0 Å². The number of methoxy groups -OCH3 is 3. The van der Waals surface area contributed by atoms with Crippen LogP contribution in [0.15, 0.2) is 68.4 Å². The first-order valence-corrected chi connectivity index (χ1v) is 24.7. The smallest absolute Gasteiger partial charge is 0.294 e. The summed E-state index contributed by atoms with van der Waals surface area (Å²) in [6.45, 7) is 8.76. The number of nitrogens with zero attached hydrogens (tertiary/aromatic N) is 9. The van der Waals surface area contributed by atoms with E-state index >= 15 is 0 Å². The molecule has 11 rings (SSSR count). The minimum absolute atomic E-state index is 0.00560. The molecule has 10 aromatic rings. The van der Waals surface area contributed by atoms with Crippen molar-refractivity contribution in [3.63, 3.8) is 0 Å². The van der Waals surface area contributed by atoms with Crippen LogP contribution in [0, 0.1) is 0 Å². The molecule has 2 atom stereocenters. The van der Waals surface area contributed by atoms with Crippen LogP contribution in [0.3, 0.4) is 0 Å². The Morgan fingerprint density at radius 2 is 1.28 bits per heavy atom. The molecular weight excluding hydrogens is 939 g/mol. The van der Waals surface area contributed by atoms with E-state index in [1.165, 1.54) is 22.7 Å². The van der Waals surface area contributed by atoms with Crippen LogP contribution in [0.2, 0.25) is 0 Å². The standard InChI is InChI=1S/C45H43N9O9S4/c1-23(2)40-46-25(21-64-40)19-59-34-9-28(55-4)11-36-30(34)13-39(63-36)33-18-54-43(49-33)67-45(51-54)58-8-7-27-16-52(15-24(3)61-27)41-47-26(22-65-41)20-60-35-10-29(56-5)12-37-31(35)14-38(62-37)32-17-53-42(48-32)66-44(50-53)57-6/h9-14,17-18,21-24,27H,7-8,15-16,19-20H2,1-6H3/t24-,27+/m0/s1. The van der Waals surface area contributed by atoms with Gasteiger partial charge >= 0.3 is 0 Å². The van der Waals surface area contributed by atoms with Crippen LogP contribution in [0.25, 0.3) is 54.8 Å². The molecule has 18 nitrogen and oxygen atoms in total. The summed E-state index contributed by atoms with van der Waals surface area (Å²) in [5.74, 6) is 4.04. The minimum Gasteiger partial charge on any atom is -0.496 e. The van der Waals surface area contributed by atoms with Gasteiger partial charge in [-0.25, -0.2) is 29.0 Å². The van der Waals surface area contributed by atoms with Gasteiger partial charge in [0.05, 0.1) is 79.7 Å². The molecule has 8 aromatic heterocycles. The Kier molecular flexibility index (Phi) is 11.6. The maximum absolute atomic E-state index is 6.37. The highest BCUT2D eigenvalue weighted by atomic mass is 32.1. The molecule has 0 unspecified atom stereocenters. The largest absolute Gasteiger partial charge is 0.496 e. The molecule has 67 heavy (non-hydrogen) atoms. The molecule has 0 N–H and O–H groups in total. The number of anilines is 1. The lowest BCUT2D eigenvalue weighted by molar-refractivity contribution is -0.0250. The van der Waals surface area contributed by atoms with Gasteiger partial charge < -0.3 is 46.9 Å². The monoisotopic (exact) mass is 981 g/mol. The molecule has 0 radical (unpaired) electrons. The van der Waals surface area contributed by atoms with E-state index in [1.807, 2.05) is 59.6 Å². The second kappa shape index (κ2) is 18.0. The summed E-state index contributed by atoms with van der Waals surface area (Å²) in [5, 5.41) is 17.7. The molecule has 1 saturated heterocycles. The Morgan fingerprint density at radius 1 is 0.687 bits per heavy atom. The highest BCUT2D eigenvalue weighted by Crippen LogP contribution is 2.40. The highest BCUT2D eigenvalue weighted by Gasteiger charge is 2.28. The quantitative estimate of drug-likeness (QED) is 0.0840. The topological polar surface area (TPSA) is 180 Å². The Hall–Kier alpha value is -6.46. The molecule has 1 fully saturated rings. The molecule has 1 aliphatic rings. The molecule has 0 amide bonds. The third-order valence-electron chi connectivity index (χ3n) is 11.0. The van der Waals surface area contributed by atoms with Gasteiger partial charge in [0.2, 0.25) is 9.92 Å². The van der Waals surface area contributed by atoms with Crippen molar-refractivity contribution in [2.45, 2.75) is 58.5 Å². The summed E-state index contributed by atoms with van der Waals surface area (Å²) in [5.41, 5.74) is 4.23. The summed E-state index contributed by atoms with van der Waals surface area (Å²) >= 11 is 5.94. The molecule has 0 saturated carbocycles. The molecule has 346 valence electrons. The zero-order valence-corrected chi connectivity index (χ0v) is 40.3. The zero-order valence-electron chi connectivity index (χ0n) is 37.1. The maximum atomic E-state index is 6.37. The highest BCUT2D eigenvalue weighted by molar-refractivity contribution is 7.18. The van der Waals surface area contributed by atoms with Crippen LogP contribution >= 0.6 is 45.3 Å². The predicted octanol–water partition coefficient (Wildman–Crippen LogP) is 10.0. The summed E-state index contributed by atoms with van der Waals surface area (Å²) in [4.78, 5) is 22.8. The van der Waals surface area contributed by atoms with Crippen molar-refractivity contribution < 1.29 is 42.0 Å². The predicted molar refractivity (Wildman–Crippen MR) is 255 cm³/mol. The number of furan rings is 2. The van der Waals surface area contributed by atoms with Gasteiger partial charge in [-0.05, 0) is 41.7 Å². The van der Waals surface area contributed by atoms with Gasteiger partial charge in [0.15, 0.2) is 16.7 Å². The van der Waals surface area contributed by atoms with Gasteiger partial charge in [-0.15, -0.1) is 32.9 Å². The van der Waals surface area contributed by atoms with Gasteiger partial charge in [-0.3, -0.25) is 0 Å². The van der Waals surface area contributed by atoms with Crippen LogP contribution in [0.4, 0.5) is 5.13 Å². The average molecular weight is 982 g/mol. The van der Waals surface area contributed by atoms with Crippen LogP contribution in [-0.2, 0) is 18.0 Å². The van der Waals surface area contributed by atoms with Gasteiger partial charge in [0.25, 0.3) is 10.4 Å². The van der Waals surface area contributed by atoms with Crippen molar-refractivity contribution in [2.75, 3.05) is 45.9 Å². The van der Waals surface area contributed by atoms with Gasteiger partial charge in [0, 0.05) is 60.5 Å². The third-order valence-corrected chi connectivity index (χ3v) is 14.8. The number of thiazole rings is 2. The first-order chi connectivity index (χ1) is 32.6. The van der Waals surface area contributed by atoms with Crippen molar-refractivity contribution in [1.82, 2.24) is 39.2 Å². The van der Waals surface area contributed by atoms with Gasteiger partial charge in [-0.1, -0.05) is 13.8 Å². The lowest BCUT2D eigenvalue weighted by Gasteiger charge is -2.36. The van der Waals surface area contributed by atoms with E-state index < -0.39 is 0 Å². The Balaban J connectivity index is 0.705. The molecule has 22 heteroatoms. The molecule has 1 aliphatic heterocycles. The summed E-state index contributed by atoms with van der Waals surface area (Å²) in [6.07, 6.45) is 4.25. The van der Waals surface area contributed by atoms with Crippen molar-refractivity contribution in [1.29, 1.82) is 0 Å². The number of benzene rings is 2. The van der Waals surface area contributed by atoms with E-state index in [-0.39, 0.29) is 18.8 Å². The number of rotatable bonds is 17. The number of aromatic nitrogens is 8. The number of imidazole rings is 2. The summed E-state index contributed by atoms with van der Waals surface area (Å²) in [7, 11) is 4.81. The first-order valence-electron chi connectivity index (χ1n) is 21.3. The molecule has 2 aromatic carbocycles. The number of hydrogen-bond donors (Lipinski definition) is 0. The summed E-state index contributed by atoms with van der Waals surface area (Å²) < 4.78 is 57.3. The fourth-order valence-corrected chi connectivity index (χ4v) is 10.8. The Morgan fingerprint density at radius 3 is 1.87 bits per heavy atom. The SMILES string of the molecule is COc1cc(OCc2csc(N3C[C@@H](CCOc4nn5cc(-c6cc7c(OCc8csc(C(C)C)n8)cc(OC)cc7o6)nc5s4)O[C@@H](C)C3)n2)c2cc(-c3cn4nc(OC)sc4n3)oc2c1. The molecule has 0 spiro atoms. The number of fused-ring (bicyclic) bond motifs is 4. The number of hydrogen-bond acceptors (Lipinski definition) is 20. The molecule has 0 aliphatic carbocycles. The van der Waals surface area contributed by atoms with Crippen molar-refractivity contribution in [3.8, 4) is 56.3 Å². The molecule has 0 bridgehead atoms. The lowest BCUT2D eigenvalue weighted by atomic mass is 10.2. The fourth-order valence-electron chi connectivity index (χ4n) is 7.74. The van der Waals surface area contributed by atoms with E-state index in [4.69, 9.17) is 56.9 Å². The zero-order chi connectivity index (χ0) is 45.8. The second-order valence-electron chi connectivity index (χ2n) is 16.1. The van der Waals surface area contributed by atoms with Crippen molar-refractivity contribution in [2.24, 2.45) is 0 Å². The van der Waals surface area contributed by atoms with E-state index in [9.17, 15) is 0 Å². The van der Waals surface area contributed by atoms with Crippen molar-refractivity contribution in [3.05, 3.63) is 75.9 Å². The normalized spacial score (nSPS) is 15.5. The van der Waals surface area contributed by atoms with Crippen LogP contribution in [-0.4, -0.2) is 92.4 Å².